The topological polar surface area (TPSA) is 55.4 Å². The third-order valence-corrected chi connectivity index (χ3v) is 4.31. The number of methoxy groups -OCH3 is 1. The minimum absolute atomic E-state index is 0.209. The van der Waals surface area contributed by atoms with Gasteiger partial charge >= 0.3 is 5.97 Å². The molecule has 0 bridgehead atoms. The van der Waals surface area contributed by atoms with E-state index in [4.69, 9.17) is 4.74 Å². The van der Waals surface area contributed by atoms with E-state index in [1.54, 1.807) is 6.92 Å². The van der Waals surface area contributed by atoms with Crippen LogP contribution in [0.3, 0.4) is 0 Å². The molecule has 1 atom stereocenters. The van der Waals surface area contributed by atoms with Crippen molar-refractivity contribution in [1.82, 2.24) is 5.32 Å². The molecular formula is C21H25NO3. The van der Waals surface area contributed by atoms with E-state index >= 15 is 0 Å². The number of esters is 1. The molecule has 0 fully saturated rings. The fourth-order valence-electron chi connectivity index (χ4n) is 3.07. The summed E-state index contributed by atoms with van der Waals surface area (Å²) < 4.78 is 4.91. The van der Waals surface area contributed by atoms with E-state index in [0.29, 0.717) is 6.42 Å². The maximum Gasteiger partial charge on any atom is 0.331 e. The van der Waals surface area contributed by atoms with Gasteiger partial charge in [0.2, 0.25) is 5.91 Å². The van der Waals surface area contributed by atoms with Gasteiger partial charge in [0.05, 0.1) is 13.0 Å². The SMILES string of the molecule is CCCC(C)(NC(=O)C(c1ccccc1)c1ccccc1)C(=O)OC. The number of carbonyl (C=O) groups excluding carboxylic acids is 2. The molecule has 1 amide bonds. The Labute approximate surface area is 149 Å². The molecule has 0 aliphatic carbocycles. The van der Waals surface area contributed by atoms with Crippen LogP contribution in [0, 0.1) is 0 Å². The standard InChI is InChI=1S/C21H25NO3/c1-4-15-21(2,20(24)25-3)22-19(23)18(16-11-7-5-8-12-16)17-13-9-6-10-14-17/h5-14,18H,4,15H2,1-3H3,(H,22,23). The Hall–Kier alpha value is -2.62. The Morgan fingerprint density at radius 3 is 1.88 bits per heavy atom. The van der Waals surface area contributed by atoms with Crippen molar-refractivity contribution in [3.8, 4) is 0 Å². The molecule has 1 unspecified atom stereocenters. The van der Waals surface area contributed by atoms with Crippen molar-refractivity contribution in [3.63, 3.8) is 0 Å². The zero-order valence-electron chi connectivity index (χ0n) is 15.0. The number of carbonyl (C=O) groups is 2. The molecular weight excluding hydrogens is 314 g/mol. The summed E-state index contributed by atoms with van der Waals surface area (Å²) in [6.45, 7) is 3.69. The largest absolute Gasteiger partial charge is 0.467 e. The molecule has 0 aliphatic heterocycles. The predicted molar refractivity (Wildman–Crippen MR) is 98.2 cm³/mol. The van der Waals surface area contributed by atoms with Gasteiger partial charge in [0.1, 0.15) is 5.54 Å². The second-order valence-corrected chi connectivity index (χ2v) is 6.32. The molecule has 0 heterocycles. The number of rotatable bonds is 7. The van der Waals surface area contributed by atoms with Crippen LogP contribution in [-0.4, -0.2) is 24.5 Å². The molecule has 132 valence electrons. The first-order chi connectivity index (χ1) is 12.0. The monoisotopic (exact) mass is 339 g/mol. The lowest BCUT2D eigenvalue weighted by molar-refractivity contribution is -0.150. The molecule has 0 saturated carbocycles. The first kappa shape index (κ1) is 18.7. The molecule has 2 aromatic carbocycles. The maximum atomic E-state index is 13.1. The maximum absolute atomic E-state index is 13.1. The molecule has 4 heteroatoms. The van der Waals surface area contributed by atoms with E-state index in [0.717, 1.165) is 17.5 Å². The van der Waals surface area contributed by atoms with Crippen molar-refractivity contribution in [2.75, 3.05) is 7.11 Å². The van der Waals surface area contributed by atoms with E-state index in [9.17, 15) is 9.59 Å². The van der Waals surface area contributed by atoms with E-state index in [-0.39, 0.29) is 5.91 Å². The fraction of sp³-hybridized carbons (Fsp3) is 0.333. The highest BCUT2D eigenvalue weighted by Crippen LogP contribution is 2.26. The average molecular weight is 339 g/mol. The van der Waals surface area contributed by atoms with Gasteiger partial charge in [-0.15, -0.1) is 0 Å². The lowest BCUT2D eigenvalue weighted by Gasteiger charge is -2.30. The molecule has 25 heavy (non-hydrogen) atoms. The van der Waals surface area contributed by atoms with Gasteiger partial charge < -0.3 is 10.1 Å². The van der Waals surface area contributed by atoms with Gasteiger partial charge in [-0.25, -0.2) is 4.79 Å². The van der Waals surface area contributed by atoms with Crippen molar-refractivity contribution in [2.45, 2.75) is 38.1 Å². The smallest absolute Gasteiger partial charge is 0.331 e. The van der Waals surface area contributed by atoms with Gasteiger partial charge in [-0.1, -0.05) is 74.0 Å². The third-order valence-electron chi connectivity index (χ3n) is 4.31. The molecule has 4 nitrogen and oxygen atoms in total. The van der Waals surface area contributed by atoms with E-state index < -0.39 is 17.4 Å². The number of benzene rings is 2. The number of amides is 1. The summed E-state index contributed by atoms with van der Waals surface area (Å²) in [6.07, 6.45) is 1.27. The molecule has 0 aliphatic rings. The van der Waals surface area contributed by atoms with E-state index in [1.807, 2.05) is 67.6 Å². The lowest BCUT2D eigenvalue weighted by atomic mass is 9.88. The summed E-state index contributed by atoms with van der Waals surface area (Å²) >= 11 is 0. The Morgan fingerprint density at radius 1 is 1.00 bits per heavy atom. The van der Waals surface area contributed by atoms with Gasteiger partial charge in [0.15, 0.2) is 0 Å². The van der Waals surface area contributed by atoms with Crippen LogP contribution in [0.4, 0.5) is 0 Å². The van der Waals surface area contributed by atoms with Crippen molar-refractivity contribution < 1.29 is 14.3 Å². The quantitative estimate of drug-likeness (QED) is 0.783. The van der Waals surface area contributed by atoms with Crippen molar-refractivity contribution in [1.29, 1.82) is 0 Å². The van der Waals surface area contributed by atoms with Crippen LogP contribution in [0.5, 0.6) is 0 Å². The van der Waals surface area contributed by atoms with Gasteiger partial charge in [-0.05, 0) is 24.5 Å². The number of hydrogen-bond donors (Lipinski definition) is 1. The zero-order valence-corrected chi connectivity index (χ0v) is 15.0. The van der Waals surface area contributed by atoms with Crippen LogP contribution >= 0.6 is 0 Å². The molecule has 2 rings (SSSR count). The number of nitrogens with one attached hydrogen (secondary N) is 1. The highest BCUT2D eigenvalue weighted by atomic mass is 16.5. The van der Waals surface area contributed by atoms with Gasteiger partial charge in [-0.2, -0.15) is 0 Å². The second-order valence-electron chi connectivity index (χ2n) is 6.32. The van der Waals surface area contributed by atoms with Crippen LogP contribution in [0.25, 0.3) is 0 Å². The van der Waals surface area contributed by atoms with Crippen molar-refractivity contribution in [2.24, 2.45) is 0 Å². The molecule has 1 N–H and O–H groups in total. The first-order valence-corrected chi connectivity index (χ1v) is 8.52. The second kappa shape index (κ2) is 8.47. The van der Waals surface area contributed by atoms with Gasteiger partial charge in [-0.3, -0.25) is 4.79 Å². The van der Waals surface area contributed by atoms with Crippen LogP contribution in [-0.2, 0) is 14.3 Å². The van der Waals surface area contributed by atoms with E-state index in [2.05, 4.69) is 5.32 Å². The third kappa shape index (κ3) is 4.47. The lowest BCUT2D eigenvalue weighted by Crippen LogP contribution is -2.54. The van der Waals surface area contributed by atoms with Crippen LogP contribution < -0.4 is 5.32 Å². The average Bonchev–Trinajstić information content (AvgIpc) is 2.63. The molecule has 0 saturated heterocycles. The van der Waals surface area contributed by atoms with Gasteiger partial charge in [0, 0.05) is 0 Å². The van der Waals surface area contributed by atoms with Crippen LogP contribution in [0.1, 0.15) is 43.7 Å². The van der Waals surface area contributed by atoms with Gasteiger partial charge in [0.25, 0.3) is 0 Å². The molecule has 0 radical (unpaired) electrons. The summed E-state index contributed by atoms with van der Waals surface area (Å²) in [4.78, 5) is 25.4. The Balaban J connectivity index is 2.37. The Morgan fingerprint density at radius 2 is 1.48 bits per heavy atom. The number of ether oxygens (including phenoxy) is 1. The van der Waals surface area contributed by atoms with E-state index in [1.165, 1.54) is 7.11 Å². The first-order valence-electron chi connectivity index (χ1n) is 8.52. The Kier molecular flexibility index (Phi) is 6.34. The Bertz CT molecular complexity index is 660. The summed E-state index contributed by atoms with van der Waals surface area (Å²) in [7, 11) is 1.34. The van der Waals surface area contributed by atoms with Crippen molar-refractivity contribution in [3.05, 3.63) is 71.8 Å². The van der Waals surface area contributed by atoms with Crippen LogP contribution in [0.2, 0.25) is 0 Å². The zero-order chi connectivity index (χ0) is 18.3. The normalized spacial score (nSPS) is 13.1. The summed E-state index contributed by atoms with van der Waals surface area (Å²) in [5.74, 6) is -1.12. The van der Waals surface area contributed by atoms with Crippen molar-refractivity contribution >= 4 is 11.9 Å². The molecule has 0 spiro atoms. The predicted octanol–water partition coefficient (Wildman–Crippen LogP) is 3.67. The molecule has 0 aromatic heterocycles. The highest BCUT2D eigenvalue weighted by Gasteiger charge is 2.37. The summed E-state index contributed by atoms with van der Waals surface area (Å²) in [5, 5.41) is 2.93. The molecule has 2 aromatic rings. The van der Waals surface area contributed by atoms with Crippen LogP contribution in [0.15, 0.2) is 60.7 Å². The highest BCUT2D eigenvalue weighted by molar-refractivity contribution is 5.92. The summed E-state index contributed by atoms with van der Waals surface area (Å²) in [6, 6.07) is 19.2. The minimum atomic E-state index is -1.04. The number of hydrogen-bond acceptors (Lipinski definition) is 3. The summed E-state index contributed by atoms with van der Waals surface area (Å²) in [5.41, 5.74) is 0.729. The fourth-order valence-corrected chi connectivity index (χ4v) is 3.07. The minimum Gasteiger partial charge on any atom is -0.467 e.